The predicted octanol–water partition coefficient (Wildman–Crippen LogP) is 4.58. The monoisotopic (exact) mass is 482 g/mol. The topological polar surface area (TPSA) is 75.1 Å². The zero-order valence-corrected chi connectivity index (χ0v) is 20.2. The van der Waals surface area contributed by atoms with E-state index in [2.05, 4.69) is 36.1 Å². The zero-order valence-electron chi connectivity index (χ0n) is 19.3. The molecule has 1 aliphatic heterocycles. The zero-order chi connectivity index (χ0) is 24.2. The molecule has 1 amide bonds. The Kier molecular flexibility index (Phi) is 6.54. The number of carbonyl (C=O) groups is 1. The molecule has 4 heterocycles. The van der Waals surface area contributed by atoms with Crippen LogP contribution < -0.4 is 10.6 Å². The van der Waals surface area contributed by atoms with Crippen LogP contribution in [0.25, 0.3) is 5.69 Å². The highest BCUT2D eigenvalue weighted by atomic mass is 32.1. The number of nitrogens with zero attached hydrogens (tertiary/aromatic N) is 4. The highest BCUT2D eigenvalue weighted by molar-refractivity contribution is 7.80. The first kappa shape index (κ1) is 22.7. The minimum atomic E-state index is -0.158. The van der Waals surface area contributed by atoms with E-state index in [1.807, 2.05) is 80.0 Å². The molecule has 1 saturated heterocycles. The van der Waals surface area contributed by atoms with Crippen LogP contribution in [0.5, 0.6) is 0 Å². The van der Waals surface area contributed by atoms with Crippen molar-refractivity contribution in [3.05, 3.63) is 108 Å². The molecule has 2 N–H and O–H groups in total. The molecule has 5 rings (SSSR count). The Morgan fingerprint density at radius 3 is 2.77 bits per heavy atom. The van der Waals surface area contributed by atoms with Gasteiger partial charge in [0.2, 0.25) is 5.91 Å². The lowest BCUT2D eigenvalue weighted by Crippen LogP contribution is -2.33. The molecule has 0 spiro atoms. The van der Waals surface area contributed by atoms with Gasteiger partial charge < -0.3 is 20.1 Å². The fourth-order valence-electron chi connectivity index (χ4n) is 4.50. The summed E-state index contributed by atoms with van der Waals surface area (Å²) < 4.78 is 2.11. The predicted molar refractivity (Wildman–Crippen MR) is 140 cm³/mol. The van der Waals surface area contributed by atoms with Gasteiger partial charge in [-0.3, -0.25) is 14.8 Å². The van der Waals surface area contributed by atoms with Crippen molar-refractivity contribution in [2.24, 2.45) is 0 Å². The minimum absolute atomic E-state index is 0.0546. The van der Waals surface area contributed by atoms with Crippen LogP contribution >= 0.6 is 12.2 Å². The Hall–Kier alpha value is -4.04. The molecule has 2 atom stereocenters. The Morgan fingerprint density at radius 1 is 1.09 bits per heavy atom. The second-order valence-corrected chi connectivity index (χ2v) is 8.89. The van der Waals surface area contributed by atoms with Crippen molar-refractivity contribution in [3.63, 3.8) is 0 Å². The molecule has 7 nitrogen and oxygen atoms in total. The maximum absolute atomic E-state index is 12.8. The largest absolute Gasteiger partial charge is 0.352 e. The van der Waals surface area contributed by atoms with Crippen molar-refractivity contribution in [3.8, 4) is 5.69 Å². The smallest absolute Gasteiger partial charge is 0.226 e. The van der Waals surface area contributed by atoms with E-state index < -0.39 is 0 Å². The van der Waals surface area contributed by atoms with Gasteiger partial charge in [0.05, 0.1) is 29.7 Å². The molecule has 4 aromatic rings. The molecule has 1 aliphatic rings. The summed E-state index contributed by atoms with van der Waals surface area (Å²) in [6.07, 6.45) is 7.70. The van der Waals surface area contributed by atoms with Crippen LogP contribution in [0.15, 0.2) is 91.5 Å². The van der Waals surface area contributed by atoms with Crippen LogP contribution in [0.1, 0.15) is 35.5 Å². The van der Waals surface area contributed by atoms with Crippen LogP contribution in [0.2, 0.25) is 0 Å². The fraction of sp³-hybridized carbons (Fsp3) is 0.185. The fourth-order valence-corrected chi connectivity index (χ4v) is 4.83. The summed E-state index contributed by atoms with van der Waals surface area (Å²) in [5.41, 5.74) is 4.79. The molecule has 2 unspecified atom stereocenters. The molecule has 1 aromatic carbocycles. The van der Waals surface area contributed by atoms with Gasteiger partial charge in [0, 0.05) is 42.9 Å². The minimum Gasteiger partial charge on any atom is -0.352 e. The lowest BCUT2D eigenvalue weighted by molar-refractivity contribution is -0.116. The van der Waals surface area contributed by atoms with E-state index in [0.29, 0.717) is 18.1 Å². The summed E-state index contributed by atoms with van der Waals surface area (Å²) in [5, 5.41) is 7.05. The third-order valence-electron chi connectivity index (χ3n) is 6.09. The molecule has 3 aromatic heterocycles. The molecule has 0 saturated carbocycles. The third-order valence-corrected chi connectivity index (χ3v) is 6.44. The average Bonchev–Trinajstić information content (AvgIpc) is 3.48. The Labute approximate surface area is 209 Å². The Morgan fingerprint density at radius 2 is 2.00 bits per heavy atom. The summed E-state index contributed by atoms with van der Waals surface area (Å²) in [5.74, 6) is -0.0546. The van der Waals surface area contributed by atoms with E-state index >= 15 is 0 Å². The van der Waals surface area contributed by atoms with Crippen molar-refractivity contribution in [1.82, 2.24) is 24.8 Å². The van der Waals surface area contributed by atoms with Gasteiger partial charge in [-0.15, -0.1) is 0 Å². The molecule has 176 valence electrons. The van der Waals surface area contributed by atoms with Gasteiger partial charge in [-0.25, -0.2) is 0 Å². The van der Waals surface area contributed by atoms with Gasteiger partial charge in [-0.2, -0.15) is 0 Å². The second-order valence-electron chi connectivity index (χ2n) is 8.50. The highest BCUT2D eigenvalue weighted by Crippen LogP contribution is 2.39. The van der Waals surface area contributed by atoms with Crippen molar-refractivity contribution in [1.29, 1.82) is 0 Å². The molecule has 8 heteroatoms. The number of carbonyl (C=O) groups excluding carboxylic acids is 1. The van der Waals surface area contributed by atoms with E-state index in [1.54, 1.807) is 12.4 Å². The second kappa shape index (κ2) is 10.1. The summed E-state index contributed by atoms with van der Waals surface area (Å²) in [6, 6.07) is 21.4. The maximum atomic E-state index is 12.8. The SMILES string of the molecule is Cc1cccc(NC(=O)CCN2C(=S)NC(c3ccccn3)C2c2cccn2-c2cccnc2)c1. The summed E-state index contributed by atoms with van der Waals surface area (Å²) in [6.45, 7) is 2.47. The number of rotatable bonds is 7. The van der Waals surface area contributed by atoms with E-state index in [4.69, 9.17) is 12.2 Å². The van der Waals surface area contributed by atoms with Crippen molar-refractivity contribution >= 4 is 28.9 Å². The van der Waals surface area contributed by atoms with Crippen molar-refractivity contribution < 1.29 is 4.79 Å². The Balaban J connectivity index is 1.43. The number of benzene rings is 1. The van der Waals surface area contributed by atoms with Crippen molar-refractivity contribution in [2.45, 2.75) is 25.4 Å². The number of hydrogen-bond donors (Lipinski definition) is 2. The summed E-state index contributed by atoms with van der Waals surface area (Å²) >= 11 is 5.76. The van der Waals surface area contributed by atoms with Gasteiger partial charge in [0.25, 0.3) is 0 Å². The lowest BCUT2D eigenvalue weighted by Gasteiger charge is -2.28. The van der Waals surface area contributed by atoms with Crippen molar-refractivity contribution in [2.75, 3.05) is 11.9 Å². The van der Waals surface area contributed by atoms with E-state index in [9.17, 15) is 4.79 Å². The molecule has 0 aliphatic carbocycles. The van der Waals surface area contributed by atoms with Crippen LogP contribution in [-0.4, -0.2) is 37.0 Å². The normalized spacial score (nSPS) is 17.3. The lowest BCUT2D eigenvalue weighted by atomic mass is 10.0. The molecule has 35 heavy (non-hydrogen) atoms. The number of aryl methyl sites for hydroxylation is 1. The molecule has 1 fully saturated rings. The highest BCUT2D eigenvalue weighted by Gasteiger charge is 2.41. The van der Waals surface area contributed by atoms with Crippen LogP contribution in [0.4, 0.5) is 5.69 Å². The van der Waals surface area contributed by atoms with Gasteiger partial charge >= 0.3 is 0 Å². The van der Waals surface area contributed by atoms with E-state index in [1.165, 1.54) is 0 Å². The number of thiocarbonyl (C=S) groups is 1. The molecule has 0 radical (unpaired) electrons. The van der Waals surface area contributed by atoms with Gasteiger partial charge in [-0.1, -0.05) is 18.2 Å². The average molecular weight is 483 g/mol. The number of anilines is 1. The Bertz CT molecular complexity index is 1320. The van der Waals surface area contributed by atoms with Crippen LogP contribution in [0.3, 0.4) is 0 Å². The first-order chi connectivity index (χ1) is 17.1. The third kappa shape index (κ3) is 4.93. The summed E-state index contributed by atoms with van der Waals surface area (Å²) in [4.78, 5) is 23.8. The van der Waals surface area contributed by atoms with Gasteiger partial charge in [0.1, 0.15) is 0 Å². The first-order valence-electron chi connectivity index (χ1n) is 11.5. The quantitative estimate of drug-likeness (QED) is 0.376. The molecular weight excluding hydrogens is 456 g/mol. The first-order valence-corrected chi connectivity index (χ1v) is 11.9. The number of amides is 1. The number of aromatic nitrogens is 3. The van der Waals surface area contributed by atoms with Gasteiger partial charge in [0.15, 0.2) is 5.11 Å². The van der Waals surface area contributed by atoms with E-state index in [0.717, 1.165) is 28.3 Å². The number of nitrogens with one attached hydrogen (secondary N) is 2. The summed E-state index contributed by atoms with van der Waals surface area (Å²) in [7, 11) is 0. The molecular formula is C27H26N6OS. The molecule has 0 bridgehead atoms. The van der Waals surface area contributed by atoms with Gasteiger partial charge in [-0.05, 0) is 73.2 Å². The van der Waals surface area contributed by atoms with Crippen LogP contribution in [0, 0.1) is 6.92 Å². The maximum Gasteiger partial charge on any atom is 0.226 e. The number of pyridine rings is 2. The van der Waals surface area contributed by atoms with E-state index in [-0.39, 0.29) is 18.0 Å². The number of hydrogen-bond acceptors (Lipinski definition) is 4. The van der Waals surface area contributed by atoms with Crippen LogP contribution in [-0.2, 0) is 4.79 Å². The standard InChI is InChI=1S/C27H26N6OS/c1-19-7-4-8-20(17-19)30-24(34)12-16-33-26(25(31-27(33)35)22-10-2-3-14-29-22)23-11-6-15-32(23)21-9-5-13-28-18-21/h2-11,13-15,17-18,25-26H,12,16H2,1H3,(H,30,34)(H,31,35).